The van der Waals surface area contributed by atoms with Gasteiger partial charge in [0.25, 0.3) is 5.56 Å². The third kappa shape index (κ3) is 1.25. The van der Waals surface area contributed by atoms with Crippen LogP contribution in [0.1, 0.15) is 0 Å². The lowest BCUT2D eigenvalue weighted by Gasteiger charge is -1.98. The van der Waals surface area contributed by atoms with Crippen molar-refractivity contribution < 1.29 is 4.39 Å². The summed E-state index contributed by atoms with van der Waals surface area (Å²) in [6.45, 7) is 0. The molecule has 0 atom stereocenters. The molecule has 0 unspecified atom stereocenters. The molecule has 3 nitrogen and oxygen atoms in total. The highest BCUT2D eigenvalue weighted by Gasteiger charge is 2.08. The van der Waals surface area contributed by atoms with Crippen molar-refractivity contribution in [2.24, 2.45) is 0 Å². The van der Waals surface area contributed by atoms with Gasteiger partial charge in [-0.2, -0.15) is 5.10 Å². The summed E-state index contributed by atoms with van der Waals surface area (Å²) in [5.74, 6) is -0.554. The SMILES string of the molecule is O=c1[nH]ncc2ccc(Br)c(F)c12. The molecule has 13 heavy (non-hydrogen) atoms. The molecule has 1 heterocycles. The van der Waals surface area contributed by atoms with E-state index in [2.05, 4.69) is 26.1 Å². The van der Waals surface area contributed by atoms with E-state index in [4.69, 9.17) is 0 Å². The Morgan fingerprint density at radius 3 is 3.00 bits per heavy atom. The molecule has 5 heteroatoms. The van der Waals surface area contributed by atoms with Gasteiger partial charge in [-0.15, -0.1) is 0 Å². The van der Waals surface area contributed by atoms with Gasteiger partial charge in [-0.05, 0) is 22.0 Å². The van der Waals surface area contributed by atoms with E-state index < -0.39 is 11.4 Å². The molecule has 1 N–H and O–H groups in total. The molecular weight excluding hydrogens is 239 g/mol. The zero-order chi connectivity index (χ0) is 9.42. The van der Waals surface area contributed by atoms with E-state index in [1.54, 1.807) is 12.1 Å². The predicted octanol–water partition coefficient (Wildman–Crippen LogP) is 1.82. The van der Waals surface area contributed by atoms with Crippen molar-refractivity contribution in [3.8, 4) is 0 Å². The van der Waals surface area contributed by atoms with Crippen LogP contribution in [0.15, 0.2) is 27.6 Å². The Kier molecular flexibility index (Phi) is 1.88. The number of rotatable bonds is 0. The van der Waals surface area contributed by atoms with E-state index in [9.17, 15) is 9.18 Å². The van der Waals surface area contributed by atoms with Gasteiger partial charge in [0.2, 0.25) is 0 Å². The molecule has 0 aliphatic rings. The molecular formula is C8H4BrFN2O. The number of aromatic amines is 1. The second-order valence-electron chi connectivity index (χ2n) is 2.52. The van der Waals surface area contributed by atoms with Crippen molar-refractivity contribution >= 4 is 26.7 Å². The second-order valence-corrected chi connectivity index (χ2v) is 3.38. The molecule has 0 aliphatic heterocycles. The number of hydrogen-bond acceptors (Lipinski definition) is 2. The minimum Gasteiger partial charge on any atom is -0.267 e. The van der Waals surface area contributed by atoms with Crippen molar-refractivity contribution in [1.82, 2.24) is 10.2 Å². The second kappa shape index (κ2) is 2.92. The minimum absolute atomic E-state index is 0.0318. The highest BCUT2D eigenvalue weighted by molar-refractivity contribution is 9.10. The first-order chi connectivity index (χ1) is 6.20. The highest BCUT2D eigenvalue weighted by atomic mass is 79.9. The Morgan fingerprint density at radius 2 is 2.23 bits per heavy atom. The molecule has 0 spiro atoms. The maximum absolute atomic E-state index is 13.4. The summed E-state index contributed by atoms with van der Waals surface area (Å²) in [7, 11) is 0. The van der Waals surface area contributed by atoms with E-state index in [-0.39, 0.29) is 9.86 Å². The largest absolute Gasteiger partial charge is 0.275 e. The summed E-state index contributed by atoms with van der Waals surface area (Å²) < 4.78 is 13.6. The Labute approximate surface area is 80.7 Å². The lowest BCUT2D eigenvalue weighted by molar-refractivity contribution is 0.631. The quantitative estimate of drug-likeness (QED) is 0.767. The van der Waals surface area contributed by atoms with Crippen LogP contribution < -0.4 is 5.56 Å². The molecule has 2 rings (SSSR count). The molecule has 0 radical (unpaired) electrons. The number of hydrogen-bond donors (Lipinski definition) is 1. The molecule has 0 aliphatic carbocycles. The molecule has 0 amide bonds. The van der Waals surface area contributed by atoms with Crippen molar-refractivity contribution in [3.63, 3.8) is 0 Å². The first-order valence-corrected chi connectivity index (χ1v) is 4.31. The van der Waals surface area contributed by atoms with Crippen molar-refractivity contribution in [2.75, 3.05) is 0 Å². The monoisotopic (exact) mass is 242 g/mol. The van der Waals surface area contributed by atoms with Gasteiger partial charge in [0.1, 0.15) is 0 Å². The lowest BCUT2D eigenvalue weighted by Crippen LogP contribution is -2.09. The van der Waals surface area contributed by atoms with Crippen LogP contribution in [0.5, 0.6) is 0 Å². The summed E-state index contributed by atoms with van der Waals surface area (Å²) in [6, 6.07) is 3.17. The van der Waals surface area contributed by atoms with E-state index in [0.29, 0.717) is 5.39 Å². The van der Waals surface area contributed by atoms with Gasteiger partial charge in [0.05, 0.1) is 16.1 Å². The summed E-state index contributed by atoms with van der Waals surface area (Å²) >= 11 is 3.00. The van der Waals surface area contributed by atoms with Gasteiger partial charge in [0.15, 0.2) is 5.82 Å². The average molecular weight is 243 g/mol. The number of fused-ring (bicyclic) bond motifs is 1. The Bertz CT molecular complexity index is 523. The Morgan fingerprint density at radius 1 is 1.46 bits per heavy atom. The zero-order valence-electron chi connectivity index (χ0n) is 6.34. The van der Waals surface area contributed by atoms with Crippen LogP contribution in [0, 0.1) is 5.82 Å². The van der Waals surface area contributed by atoms with Crippen molar-refractivity contribution in [3.05, 3.63) is 39.0 Å². The molecule has 1 aromatic carbocycles. The van der Waals surface area contributed by atoms with Gasteiger partial charge >= 0.3 is 0 Å². The first kappa shape index (κ1) is 8.37. The Balaban J connectivity index is 3.06. The average Bonchev–Trinajstić information content (AvgIpc) is 2.12. The highest BCUT2D eigenvalue weighted by Crippen LogP contribution is 2.21. The standard InChI is InChI=1S/C8H4BrFN2O/c9-5-2-1-4-3-11-12-8(13)6(4)7(5)10/h1-3H,(H,12,13). The van der Waals surface area contributed by atoms with E-state index >= 15 is 0 Å². The molecule has 0 saturated carbocycles. The molecule has 2 aromatic rings. The third-order valence-corrected chi connectivity index (χ3v) is 2.34. The molecule has 0 saturated heterocycles. The van der Waals surface area contributed by atoms with Crippen molar-refractivity contribution in [1.29, 1.82) is 0 Å². The molecule has 0 fully saturated rings. The minimum atomic E-state index is -0.554. The predicted molar refractivity (Wildman–Crippen MR) is 50.0 cm³/mol. The van der Waals surface area contributed by atoms with Gasteiger partial charge in [-0.1, -0.05) is 6.07 Å². The topological polar surface area (TPSA) is 45.8 Å². The first-order valence-electron chi connectivity index (χ1n) is 3.51. The summed E-state index contributed by atoms with van der Waals surface area (Å²) in [4.78, 5) is 11.2. The number of nitrogens with zero attached hydrogens (tertiary/aromatic N) is 1. The normalized spacial score (nSPS) is 10.6. The Hall–Kier alpha value is -1.23. The van der Waals surface area contributed by atoms with E-state index in [1.165, 1.54) is 6.20 Å². The number of nitrogens with one attached hydrogen (secondary N) is 1. The fourth-order valence-electron chi connectivity index (χ4n) is 1.12. The molecule has 1 aromatic heterocycles. The van der Waals surface area contributed by atoms with Crippen LogP contribution >= 0.6 is 15.9 Å². The number of aromatic nitrogens is 2. The summed E-state index contributed by atoms with van der Waals surface area (Å²) in [6.07, 6.45) is 1.41. The van der Waals surface area contributed by atoms with Gasteiger partial charge in [-0.3, -0.25) is 4.79 Å². The fraction of sp³-hybridized carbons (Fsp3) is 0. The maximum atomic E-state index is 13.4. The summed E-state index contributed by atoms with van der Waals surface area (Å²) in [5, 5.41) is 6.26. The van der Waals surface area contributed by atoms with Gasteiger partial charge in [0, 0.05) is 5.39 Å². The van der Waals surface area contributed by atoms with Crippen LogP contribution in [0.25, 0.3) is 10.8 Å². The maximum Gasteiger partial charge on any atom is 0.275 e. The van der Waals surface area contributed by atoms with Gasteiger partial charge < -0.3 is 0 Å². The van der Waals surface area contributed by atoms with Crippen LogP contribution in [0.2, 0.25) is 0 Å². The zero-order valence-corrected chi connectivity index (χ0v) is 7.93. The van der Waals surface area contributed by atoms with Crippen LogP contribution in [0.4, 0.5) is 4.39 Å². The van der Waals surface area contributed by atoms with Crippen LogP contribution in [-0.2, 0) is 0 Å². The van der Waals surface area contributed by atoms with Crippen LogP contribution in [-0.4, -0.2) is 10.2 Å². The number of H-pyrrole nitrogens is 1. The third-order valence-electron chi connectivity index (χ3n) is 1.72. The number of benzene rings is 1. The van der Waals surface area contributed by atoms with Crippen LogP contribution in [0.3, 0.4) is 0 Å². The molecule has 66 valence electrons. The van der Waals surface area contributed by atoms with Gasteiger partial charge in [-0.25, -0.2) is 9.49 Å². The fourth-order valence-corrected chi connectivity index (χ4v) is 1.45. The van der Waals surface area contributed by atoms with Crippen molar-refractivity contribution in [2.45, 2.75) is 0 Å². The van der Waals surface area contributed by atoms with E-state index in [1.807, 2.05) is 0 Å². The molecule has 0 bridgehead atoms. The smallest absolute Gasteiger partial charge is 0.267 e. The summed E-state index contributed by atoms with van der Waals surface area (Å²) in [5.41, 5.74) is -0.517. The van der Waals surface area contributed by atoms with E-state index in [0.717, 1.165) is 0 Å². The number of halogens is 2. The lowest BCUT2D eigenvalue weighted by atomic mass is 10.2.